The lowest BCUT2D eigenvalue weighted by Crippen LogP contribution is -2.61. The highest BCUT2D eigenvalue weighted by Crippen LogP contribution is 2.33. The van der Waals surface area contributed by atoms with Crippen LogP contribution >= 0.6 is 46.4 Å². The Kier molecular flexibility index (Phi) is 9.71. The number of anilines is 1. The van der Waals surface area contributed by atoms with Gasteiger partial charge in [-0.3, -0.25) is 19.3 Å². The number of hydrogen-bond acceptors (Lipinski definition) is 6. The molecule has 13 heteroatoms. The molecule has 0 saturated carbocycles. The molecule has 9 nitrogen and oxygen atoms in total. The van der Waals surface area contributed by atoms with Crippen LogP contribution in [0.25, 0.3) is 0 Å². The minimum Gasteiger partial charge on any atom is -0.380 e. The second-order valence-corrected chi connectivity index (χ2v) is 13.3. The number of amides is 3. The molecule has 0 radical (unpaired) electrons. The molecule has 1 atom stereocenters. The number of rotatable bonds is 6. The van der Waals surface area contributed by atoms with E-state index < -0.39 is 5.60 Å². The Balaban J connectivity index is 1.10. The molecule has 3 heterocycles. The molecule has 232 valence electrons. The van der Waals surface area contributed by atoms with Crippen LogP contribution in [0.4, 0.5) is 5.69 Å². The summed E-state index contributed by atoms with van der Waals surface area (Å²) in [5, 5.41) is 15.8. The van der Waals surface area contributed by atoms with E-state index in [0.717, 1.165) is 31.6 Å². The number of halogens is 4. The lowest BCUT2D eigenvalue weighted by atomic mass is 9.92. The lowest BCUT2D eigenvalue weighted by Gasteiger charge is -2.48. The maximum atomic E-state index is 13.2. The smallest absolute Gasteiger partial charge is 0.258 e. The summed E-state index contributed by atoms with van der Waals surface area (Å²) in [6.07, 6.45) is 1.61. The molecule has 0 bridgehead atoms. The van der Waals surface area contributed by atoms with E-state index >= 15 is 0 Å². The minimum atomic E-state index is -1.72. The van der Waals surface area contributed by atoms with E-state index in [4.69, 9.17) is 46.4 Å². The minimum absolute atomic E-state index is 0.000937. The summed E-state index contributed by atoms with van der Waals surface area (Å²) in [6.45, 7) is 7.61. The van der Waals surface area contributed by atoms with Crippen molar-refractivity contribution in [1.82, 2.24) is 19.6 Å². The molecule has 2 aromatic carbocycles. The largest absolute Gasteiger partial charge is 0.380 e. The second kappa shape index (κ2) is 13.0. The third-order valence-electron chi connectivity index (χ3n) is 8.66. The van der Waals surface area contributed by atoms with Crippen LogP contribution in [0.15, 0.2) is 30.3 Å². The molecule has 3 fully saturated rings. The number of piperazine rings is 1. The van der Waals surface area contributed by atoms with Gasteiger partial charge < -0.3 is 25.1 Å². The Labute approximate surface area is 271 Å². The van der Waals surface area contributed by atoms with Gasteiger partial charge in [0, 0.05) is 81.1 Å². The fourth-order valence-corrected chi connectivity index (χ4v) is 7.26. The molecule has 3 aliphatic heterocycles. The maximum Gasteiger partial charge on any atom is 0.258 e. The third-order valence-corrected chi connectivity index (χ3v) is 9.69. The first-order valence-corrected chi connectivity index (χ1v) is 15.9. The molecule has 2 N–H and O–H groups in total. The third kappa shape index (κ3) is 7.02. The van der Waals surface area contributed by atoms with Crippen molar-refractivity contribution in [3.05, 3.63) is 61.5 Å². The van der Waals surface area contributed by atoms with Gasteiger partial charge in [0.2, 0.25) is 5.91 Å². The number of benzene rings is 2. The van der Waals surface area contributed by atoms with Crippen molar-refractivity contribution in [2.45, 2.75) is 44.4 Å². The summed E-state index contributed by atoms with van der Waals surface area (Å²) >= 11 is 25.3. The number of carbonyl (C=O) groups is 3. The highest BCUT2D eigenvalue weighted by atomic mass is 35.5. The number of nitrogens with zero attached hydrogens (tertiary/aromatic N) is 4. The van der Waals surface area contributed by atoms with Crippen LogP contribution in [0, 0.1) is 0 Å². The van der Waals surface area contributed by atoms with Crippen LogP contribution in [0.5, 0.6) is 0 Å². The van der Waals surface area contributed by atoms with Crippen molar-refractivity contribution in [1.29, 1.82) is 0 Å². The van der Waals surface area contributed by atoms with Gasteiger partial charge in [0.05, 0.1) is 21.7 Å². The molecule has 5 rings (SSSR count). The van der Waals surface area contributed by atoms with Crippen LogP contribution < -0.4 is 5.32 Å². The Bertz CT molecular complexity index is 1360. The number of carbonyl (C=O) groups excluding carboxylic acids is 3. The topological polar surface area (TPSA) is 96.4 Å². The van der Waals surface area contributed by atoms with Crippen molar-refractivity contribution in [2.24, 2.45) is 0 Å². The van der Waals surface area contributed by atoms with Crippen molar-refractivity contribution >= 4 is 69.8 Å². The SMILES string of the molecule is CC(=O)N1CCN(C(=O)c2c(Cl)cc(NC3CN(C4CCN(C(=O)[C@@](C)(O)c5cc(Cl)cc(Cl)c5)CC4)C3)cc2Cl)CC1. The fourth-order valence-electron chi connectivity index (χ4n) is 6.08. The molecule has 3 saturated heterocycles. The standard InChI is InChI=1S/C30H35Cl4N5O4/c1-18(40)36-7-9-37(10-8-36)28(41)27-25(33)14-22(15-26(27)34)35-23-16-39(17-23)24-3-5-38(6-4-24)29(42)30(2,43)19-11-20(31)13-21(32)12-19/h11-15,23-24,35,43H,3-10,16-17H2,1-2H3/t30-/m0/s1. The molecule has 0 aliphatic carbocycles. The van der Waals surface area contributed by atoms with Gasteiger partial charge in [0.1, 0.15) is 0 Å². The first-order valence-electron chi connectivity index (χ1n) is 14.4. The zero-order chi connectivity index (χ0) is 31.1. The monoisotopic (exact) mass is 669 g/mol. The van der Waals surface area contributed by atoms with E-state index in [1.807, 2.05) is 0 Å². The van der Waals surface area contributed by atoms with Gasteiger partial charge in [-0.1, -0.05) is 46.4 Å². The number of likely N-dealkylation sites (tertiary alicyclic amines) is 2. The van der Waals surface area contributed by atoms with Crippen molar-refractivity contribution < 1.29 is 19.5 Å². The Hall–Kier alpha value is -2.27. The summed E-state index contributed by atoms with van der Waals surface area (Å²) in [5.41, 5.74) is -0.320. The van der Waals surface area contributed by atoms with E-state index in [1.165, 1.54) is 13.8 Å². The summed E-state index contributed by atoms with van der Waals surface area (Å²) in [6, 6.07) is 8.70. The van der Waals surface area contributed by atoms with Gasteiger partial charge in [-0.25, -0.2) is 0 Å². The molecular weight excluding hydrogens is 636 g/mol. The van der Waals surface area contributed by atoms with E-state index in [1.54, 1.807) is 45.0 Å². The van der Waals surface area contributed by atoms with Gasteiger partial charge in [0.15, 0.2) is 5.60 Å². The van der Waals surface area contributed by atoms with E-state index in [2.05, 4.69) is 10.2 Å². The highest BCUT2D eigenvalue weighted by Gasteiger charge is 2.40. The normalized spacial score (nSPS) is 20.0. The van der Waals surface area contributed by atoms with Gasteiger partial charge in [0.25, 0.3) is 11.8 Å². The predicted octanol–water partition coefficient (Wildman–Crippen LogP) is 4.60. The zero-order valence-electron chi connectivity index (χ0n) is 24.1. The number of aliphatic hydroxyl groups is 1. The predicted molar refractivity (Wildman–Crippen MR) is 169 cm³/mol. The number of hydrogen-bond donors (Lipinski definition) is 2. The maximum absolute atomic E-state index is 13.2. The first-order chi connectivity index (χ1) is 20.3. The van der Waals surface area contributed by atoms with Crippen LogP contribution in [0.2, 0.25) is 20.1 Å². The molecule has 43 heavy (non-hydrogen) atoms. The summed E-state index contributed by atoms with van der Waals surface area (Å²) in [5.74, 6) is -0.595. The molecule has 3 amide bonds. The average molecular weight is 671 g/mol. The summed E-state index contributed by atoms with van der Waals surface area (Å²) in [7, 11) is 0. The number of piperidine rings is 1. The summed E-state index contributed by atoms with van der Waals surface area (Å²) < 4.78 is 0. The Morgan fingerprint density at radius 1 is 0.814 bits per heavy atom. The van der Waals surface area contributed by atoms with Crippen LogP contribution in [-0.4, -0.2) is 107 Å². The second-order valence-electron chi connectivity index (χ2n) is 11.7. The van der Waals surface area contributed by atoms with Gasteiger partial charge >= 0.3 is 0 Å². The molecule has 2 aromatic rings. The first kappa shape index (κ1) is 32.1. The molecule has 0 unspecified atom stereocenters. The van der Waals surface area contributed by atoms with Crippen LogP contribution in [-0.2, 0) is 15.2 Å². The van der Waals surface area contributed by atoms with E-state index in [9.17, 15) is 19.5 Å². The van der Waals surface area contributed by atoms with Gasteiger partial charge in [-0.15, -0.1) is 0 Å². The average Bonchev–Trinajstić information content (AvgIpc) is 2.93. The lowest BCUT2D eigenvalue weighted by molar-refractivity contribution is -0.152. The number of nitrogens with one attached hydrogen (secondary N) is 1. The van der Waals surface area contributed by atoms with Crippen molar-refractivity contribution in [3.8, 4) is 0 Å². The Morgan fingerprint density at radius 3 is 1.88 bits per heavy atom. The van der Waals surface area contributed by atoms with E-state index in [0.29, 0.717) is 60.9 Å². The van der Waals surface area contributed by atoms with Crippen molar-refractivity contribution in [2.75, 3.05) is 57.7 Å². The Morgan fingerprint density at radius 2 is 1.35 bits per heavy atom. The van der Waals surface area contributed by atoms with Gasteiger partial charge in [-0.2, -0.15) is 0 Å². The summed E-state index contributed by atoms with van der Waals surface area (Å²) in [4.78, 5) is 45.4. The zero-order valence-corrected chi connectivity index (χ0v) is 27.1. The van der Waals surface area contributed by atoms with Gasteiger partial charge in [-0.05, 0) is 55.7 Å². The molecule has 0 aromatic heterocycles. The van der Waals surface area contributed by atoms with Crippen LogP contribution in [0.3, 0.4) is 0 Å². The molecular formula is C30H35Cl4N5O4. The quantitative estimate of drug-likeness (QED) is 0.467. The highest BCUT2D eigenvalue weighted by molar-refractivity contribution is 6.40. The molecule has 0 spiro atoms. The fraction of sp³-hybridized carbons (Fsp3) is 0.500. The van der Waals surface area contributed by atoms with E-state index in [-0.39, 0.29) is 39.4 Å². The molecule has 3 aliphatic rings. The van der Waals surface area contributed by atoms with Crippen molar-refractivity contribution in [3.63, 3.8) is 0 Å². The van der Waals surface area contributed by atoms with Crippen LogP contribution in [0.1, 0.15) is 42.6 Å².